The normalized spacial score (nSPS) is 11.1. The van der Waals surface area contributed by atoms with Gasteiger partial charge in [0, 0.05) is 18.8 Å². The molecule has 0 fully saturated rings. The van der Waals surface area contributed by atoms with Crippen LogP contribution in [0.1, 0.15) is 19.3 Å². The first-order chi connectivity index (χ1) is 6.12. The summed E-state index contributed by atoms with van der Waals surface area (Å²) in [5.41, 5.74) is 0. The van der Waals surface area contributed by atoms with E-state index in [-0.39, 0.29) is 5.75 Å². The van der Waals surface area contributed by atoms with Crippen molar-refractivity contribution in [3.05, 3.63) is 0 Å². The molecule has 0 radical (unpaired) electrons. The van der Waals surface area contributed by atoms with E-state index in [1.807, 2.05) is 6.07 Å². The molecule has 4 nitrogen and oxygen atoms in total. The van der Waals surface area contributed by atoms with Crippen LogP contribution in [0.4, 0.5) is 0 Å². The zero-order valence-corrected chi connectivity index (χ0v) is 8.86. The number of hydrogen-bond donors (Lipinski definition) is 1. The van der Waals surface area contributed by atoms with Crippen molar-refractivity contribution >= 4 is 21.6 Å². The molecular formula is C7H13ClN2O2S. The van der Waals surface area contributed by atoms with Gasteiger partial charge in [0.15, 0.2) is 0 Å². The second-order valence-electron chi connectivity index (χ2n) is 2.52. The molecule has 0 aliphatic carbocycles. The first-order valence-electron chi connectivity index (χ1n) is 4.02. The number of halogens is 1. The summed E-state index contributed by atoms with van der Waals surface area (Å²) in [6.07, 6.45) is 1.38. The van der Waals surface area contributed by atoms with Gasteiger partial charge < -0.3 is 0 Å². The van der Waals surface area contributed by atoms with Crippen molar-refractivity contribution in [2.24, 2.45) is 0 Å². The molecule has 13 heavy (non-hydrogen) atoms. The molecule has 0 aromatic heterocycles. The molecule has 0 saturated carbocycles. The van der Waals surface area contributed by atoms with Gasteiger partial charge in [-0.3, -0.25) is 0 Å². The lowest BCUT2D eigenvalue weighted by Crippen LogP contribution is -2.27. The summed E-state index contributed by atoms with van der Waals surface area (Å²) in [6.45, 7) is 0.332. The third-order valence-corrected chi connectivity index (χ3v) is 3.07. The topological polar surface area (TPSA) is 70.0 Å². The van der Waals surface area contributed by atoms with Crippen LogP contribution in [-0.4, -0.2) is 26.6 Å². The number of nitriles is 1. The fourth-order valence-corrected chi connectivity index (χ4v) is 2.13. The van der Waals surface area contributed by atoms with Crippen molar-refractivity contribution in [1.82, 2.24) is 4.72 Å². The van der Waals surface area contributed by atoms with Crippen molar-refractivity contribution in [1.29, 1.82) is 5.26 Å². The molecule has 0 amide bonds. The number of rotatable bonds is 7. The van der Waals surface area contributed by atoms with Crippen molar-refractivity contribution in [3.63, 3.8) is 0 Å². The van der Waals surface area contributed by atoms with Crippen LogP contribution in [0.25, 0.3) is 0 Å². The summed E-state index contributed by atoms with van der Waals surface area (Å²) < 4.78 is 24.6. The number of alkyl halides is 1. The molecule has 6 heteroatoms. The maximum atomic E-state index is 11.1. The summed E-state index contributed by atoms with van der Waals surface area (Å²) in [4.78, 5) is 0. The molecule has 0 heterocycles. The van der Waals surface area contributed by atoms with Crippen molar-refractivity contribution in [3.8, 4) is 6.07 Å². The van der Waals surface area contributed by atoms with E-state index >= 15 is 0 Å². The predicted octanol–water partition coefficient (Wildman–Crippen LogP) is 0.838. The van der Waals surface area contributed by atoms with Gasteiger partial charge in [-0.15, -0.1) is 11.6 Å². The molecule has 1 N–H and O–H groups in total. The van der Waals surface area contributed by atoms with Crippen LogP contribution in [-0.2, 0) is 10.0 Å². The highest BCUT2D eigenvalue weighted by Gasteiger charge is 2.07. The van der Waals surface area contributed by atoms with E-state index in [1.54, 1.807) is 0 Å². The second-order valence-corrected chi connectivity index (χ2v) is 4.82. The maximum absolute atomic E-state index is 11.1. The molecule has 0 unspecified atom stereocenters. The summed E-state index contributed by atoms with van der Waals surface area (Å²) in [7, 11) is -3.17. The highest BCUT2D eigenvalue weighted by molar-refractivity contribution is 7.89. The summed E-state index contributed by atoms with van der Waals surface area (Å²) >= 11 is 5.36. The van der Waals surface area contributed by atoms with E-state index in [4.69, 9.17) is 16.9 Å². The molecule has 0 aliphatic rings. The van der Waals surface area contributed by atoms with Gasteiger partial charge in [0.1, 0.15) is 0 Å². The Kier molecular flexibility index (Phi) is 6.96. The highest BCUT2D eigenvalue weighted by Crippen LogP contribution is 1.93. The Morgan fingerprint density at radius 3 is 2.62 bits per heavy atom. The SMILES string of the molecule is N#CCCCNS(=O)(=O)CCCCl. The average Bonchev–Trinajstić information content (AvgIpc) is 2.09. The van der Waals surface area contributed by atoms with Gasteiger partial charge in [0.25, 0.3) is 0 Å². The summed E-state index contributed by atoms with van der Waals surface area (Å²) in [6, 6.07) is 1.94. The fraction of sp³-hybridized carbons (Fsp3) is 0.857. The lowest BCUT2D eigenvalue weighted by atomic mass is 10.3. The lowest BCUT2D eigenvalue weighted by molar-refractivity contribution is 0.578. The molecule has 0 aliphatic heterocycles. The Hall–Kier alpha value is -0.310. The minimum atomic E-state index is -3.17. The Morgan fingerprint density at radius 2 is 2.08 bits per heavy atom. The minimum Gasteiger partial charge on any atom is -0.215 e. The Morgan fingerprint density at radius 1 is 1.38 bits per heavy atom. The van der Waals surface area contributed by atoms with Crippen LogP contribution in [0.15, 0.2) is 0 Å². The zero-order chi connectivity index (χ0) is 10.2. The van der Waals surface area contributed by atoms with Crippen LogP contribution in [0.2, 0.25) is 0 Å². The average molecular weight is 225 g/mol. The molecule has 0 aromatic carbocycles. The van der Waals surface area contributed by atoms with Crippen LogP contribution >= 0.6 is 11.6 Å². The van der Waals surface area contributed by atoms with E-state index in [2.05, 4.69) is 4.72 Å². The number of sulfonamides is 1. The Balaban J connectivity index is 3.59. The number of nitrogens with one attached hydrogen (secondary N) is 1. The minimum absolute atomic E-state index is 0.0586. The van der Waals surface area contributed by atoms with E-state index < -0.39 is 10.0 Å². The first-order valence-corrected chi connectivity index (χ1v) is 6.21. The van der Waals surface area contributed by atoms with Crippen LogP contribution in [0, 0.1) is 11.3 Å². The number of nitrogens with zero attached hydrogens (tertiary/aromatic N) is 1. The third-order valence-electron chi connectivity index (χ3n) is 1.33. The van der Waals surface area contributed by atoms with Gasteiger partial charge in [-0.25, -0.2) is 13.1 Å². The fourth-order valence-electron chi connectivity index (χ4n) is 0.712. The largest absolute Gasteiger partial charge is 0.215 e. The molecule has 0 bridgehead atoms. The summed E-state index contributed by atoms with van der Waals surface area (Å²) in [5.74, 6) is 0.405. The molecule has 0 atom stereocenters. The smallest absolute Gasteiger partial charge is 0.211 e. The number of unbranched alkanes of at least 4 members (excludes halogenated alkanes) is 1. The van der Waals surface area contributed by atoms with E-state index in [0.29, 0.717) is 31.7 Å². The third kappa shape index (κ3) is 8.03. The molecule has 0 saturated heterocycles. The molecule has 0 aromatic rings. The summed E-state index contributed by atoms with van der Waals surface area (Å²) in [5, 5.41) is 8.19. The monoisotopic (exact) mass is 224 g/mol. The lowest BCUT2D eigenvalue weighted by Gasteiger charge is -2.03. The van der Waals surface area contributed by atoms with Crippen molar-refractivity contribution in [2.45, 2.75) is 19.3 Å². The van der Waals surface area contributed by atoms with Gasteiger partial charge in [-0.05, 0) is 12.8 Å². The van der Waals surface area contributed by atoms with Crippen molar-refractivity contribution < 1.29 is 8.42 Å². The van der Waals surface area contributed by atoms with Crippen LogP contribution in [0.5, 0.6) is 0 Å². The number of hydrogen-bond acceptors (Lipinski definition) is 3. The predicted molar refractivity (Wildman–Crippen MR) is 52.0 cm³/mol. The Bertz CT molecular complexity index is 258. The van der Waals surface area contributed by atoms with Gasteiger partial charge in [-0.2, -0.15) is 5.26 Å². The molecular weight excluding hydrogens is 212 g/mol. The molecule has 0 rings (SSSR count). The van der Waals surface area contributed by atoms with Crippen LogP contribution < -0.4 is 4.72 Å². The molecule has 76 valence electrons. The second kappa shape index (κ2) is 7.13. The van der Waals surface area contributed by atoms with Gasteiger partial charge >= 0.3 is 0 Å². The van der Waals surface area contributed by atoms with E-state index in [1.165, 1.54) is 0 Å². The van der Waals surface area contributed by atoms with E-state index in [9.17, 15) is 8.42 Å². The van der Waals surface area contributed by atoms with E-state index in [0.717, 1.165) is 0 Å². The quantitative estimate of drug-likeness (QED) is 0.515. The van der Waals surface area contributed by atoms with Crippen LogP contribution in [0.3, 0.4) is 0 Å². The Labute approximate surface area is 83.9 Å². The molecule has 0 spiro atoms. The van der Waals surface area contributed by atoms with Gasteiger partial charge in [-0.1, -0.05) is 0 Å². The van der Waals surface area contributed by atoms with Gasteiger partial charge in [0.05, 0.1) is 11.8 Å². The maximum Gasteiger partial charge on any atom is 0.211 e. The van der Waals surface area contributed by atoms with Crippen molar-refractivity contribution in [2.75, 3.05) is 18.2 Å². The first kappa shape index (κ1) is 12.7. The standard InChI is InChI=1S/C7H13ClN2O2S/c8-4-3-7-13(11,12)10-6-2-1-5-9/h10H,1-4,6-7H2. The van der Waals surface area contributed by atoms with Gasteiger partial charge in [0.2, 0.25) is 10.0 Å². The highest BCUT2D eigenvalue weighted by atomic mass is 35.5. The zero-order valence-electron chi connectivity index (χ0n) is 7.29.